The van der Waals surface area contributed by atoms with Crippen molar-refractivity contribution >= 4 is 11.7 Å². The van der Waals surface area contributed by atoms with Gasteiger partial charge in [-0.2, -0.15) is 0 Å². The lowest BCUT2D eigenvalue weighted by atomic mass is 10.3. The first-order chi connectivity index (χ1) is 9.29. The zero-order chi connectivity index (χ0) is 13.1. The molecule has 0 saturated heterocycles. The van der Waals surface area contributed by atoms with Gasteiger partial charge in [0.25, 0.3) is 0 Å². The van der Waals surface area contributed by atoms with Crippen molar-refractivity contribution in [2.75, 3.05) is 5.32 Å². The summed E-state index contributed by atoms with van der Waals surface area (Å²) in [6.07, 6.45) is 7.42. The minimum absolute atomic E-state index is 0.119. The highest BCUT2D eigenvalue weighted by Gasteiger charge is 2.23. The van der Waals surface area contributed by atoms with Crippen LogP contribution in [-0.2, 0) is 0 Å². The van der Waals surface area contributed by atoms with Gasteiger partial charge in [-0.05, 0) is 62.8 Å². The molecule has 1 aromatic rings. The smallest absolute Gasteiger partial charge is 0.319 e. The summed E-state index contributed by atoms with van der Waals surface area (Å²) in [7, 11) is 0. The molecule has 2 fully saturated rings. The van der Waals surface area contributed by atoms with Crippen LogP contribution in [0.25, 0.3) is 0 Å². The highest BCUT2D eigenvalue weighted by molar-refractivity contribution is 5.89. The van der Waals surface area contributed by atoms with Crippen LogP contribution in [0.15, 0.2) is 24.3 Å². The summed E-state index contributed by atoms with van der Waals surface area (Å²) in [5, 5.41) is 5.72. The second-order valence-electron chi connectivity index (χ2n) is 5.42. The number of anilines is 1. The number of benzene rings is 1. The van der Waals surface area contributed by atoms with Crippen molar-refractivity contribution in [2.45, 2.75) is 50.7 Å². The molecule has 0 unspecified atom stereocenters. The maximum Gasteiger partial charge on any atom is 0.319 e. The van der Waals surface area contributed by atoms with Gasteiger partial charge >= 0.3 is 6.03 Å². The van der Waals surface area contributed by atoms with Gasteiger partial charge in [0.2, 0.25) is 0 Å². The Bertz CT molecular complexity index is 434. The Balaban J connectivity index is 1.50. The molecule has 4 nitrogen and oxygen atoms in total. The van der Waals surface area contributed by atoms with Crippen LogP contribution in [0.1, 0.15) is 38.5 Å². The third-order valence-electron chi connectivity index (χ3n) is 3.63. The zero-order valence-corrected chi connectivity index (χ0v) is 11.0. The van der Waals surface area contributed by atoms with E-state index in [1.807, 2.05) is 24.3 Å². The molecule has 0 radical (unpaired) electrons. The van der Waals surface area contributed by atoms with Crippen molar-refractivity contribution in [1.82, 2.24) is 5.32 Å². The first kappa shape index (κ1) is 12.3. The highest BCUT2D eigenvalue weighted by Crippen LogP contribution is 2.25. The molecule has 0 heterocycles. The lowest BCUT2D eigenvalue weighted by molar-refractivity contribution is 0.210. The maximum absolute atomic E-state index is 11.6. The molecule has 2 N–H and O–H groups in total. The fourth-order valence-corrected chi connectivity index (χ4v) is 2.40. The van der Waals surface area contributed by atoms with Crippen molar-refractivity contribution < 1.29 is 9.53 Å². The number of ether oxygens (including phenoxy) is 1. The van der Waals surface area contributed by atoms with Crippen LogP contribution < -0.4 is 15.4 Å². The van der Waals surface area contributed by atoms with Gasteiger partial charge in [0, 0.05) is 11.7 Å². The fraction of sp³-hybridized carbons (Fsp3) is 0.533. The predicted octanol–water partition coefficient (Wildman–Crippen LogP) is 3.29. The largest absolute Gasteiger partial charge is 0.490 e. The molecule has 3 rings (SSSR count). The van der Waals surface area contributed by atoms with E-state index in [0.717, 1.165) is 37.1 Å². The average Bonchev–Trinajstić information content (AvgIpc) is 3.05. The van der Waals surface area contributed by atoms with Gasteiger partial charge in [-0.15, -0.1) is 0 Å². The predicted molar refractivity (Wildman–Crippen MR) is 74.5 cm³/mol. The monoisotopic (exact) mass is 260 g/mol. The molecule has 0 aromatic heterocycles. The van der Waals surface area contributed by atoms with E-state index in [2.05, 4.69) is 10.6 Å². The lowest BCUT2D eigenvalue weighted by Gasteiger charge is -2.13. The third-order valence-corrected chi connectivity index (χ3v) is 3.63. The standard InChI is InChI=1S/C15H20N2O2/c18-15(16-11-5-6-11)17-12-7-9-14(10-8-12)19-13-3-1-2-4-13/h7-11,13H,1-6H2,(H2,16,17,18). The van der Waals surface area contributed by atoms with Gasteiger partial charge in [0.05, 0.1) is 6.10 Å². The van der Waals surface area contributed by atoms with Gasteiger partial charge in [-0.25, -0.2) is 4.79 Å². The van der Waals surface area contributed by atoms with Gasteiger partial charge in [-0.1, -0.05) is 0 Å². The molecule has 0 aliphatic heterocycles. The Kier molecular flexibility index (Phi) is 3.58. The van der Waals surface area contributed by atoms with E-state index in [9.17, 15) is 4.79 Å². The third kappa shape index (κ3) is 3.63. The van der Waals surface area contributed by atoms with Gasteiger partial charge in [0.1, 0.15) is 5.75 Å². The molecule has 19 heavy (non-hydrogen) atoms. The first-order valence-electron chi connectivity index (χ1n) is 7.14. The number of hydrogen-bond donors (Lipinski definition) is 2. The first-order valence-corrected chi connectivity index (χ1v) is 7.14. The topological polar surface area (TPSA) is 50.4 Å². The summed E-state index contributed by atoms with van der Waals surface area (Å²) in [4.78, 5) is 11.6. The van der Waals surface area contributed by atoms with Crippen LogP contribution in [-0.4, -0.2) is 18.2 Å². The number of carbonyl (C=O) groups is 1. The molecule has 4 heteroatoms. The normalized spacial score (nSPS) is 19.2. The molecule has 2 saturated carbocycles. The van der Waals surface area contributed by atoms with Crippen molar-refractivity contribution in [3.8, 4) is 5.75 Å². The van der Waals surface area contributed by atoms with Crippen LogP contribution in [0.5, 0.6) is 5.75 Å². The summed E-state index contributed by atoms with van der Waals surface area (Å²) >= 11 is 0. The highest BCUT2D eigenvalue weighted by atomic mass is 16.5. The van der Waals surface area contributed by atoms with Crippen molar-refractivity contribution in [2.24, 2.45) is 0 Å². The van der Waals surface area contributed by atoms with E-state index in [4.69, 9.17) is 4.74 Å². The SMILES string of the molecule is O=C(Nc1ccc(OC2CCCC2)cc1)NC1CC1. The molecule has 0 atom stereocenters. The number of carbonyl (C=O) groups excluding carboxylic acids is 1. The second-order valence-corrected chi connectivity index (χ2v) is 5.42. The summed E-state index contributed by atoms with van der Waals surface area (Å²) in [6.45, 7) is 0. The van der Waals surface area contributed by atoms with Crippen LogP contribution >= 0.6 is 0 Å². The van der Waals surface area contributed by atoms with Crippen molar-refractivity contribution in [1.29, 1.82) is 0 Å². The van der Waals surface area contributed by atoms with Crippen LogP contribution in [0.2, 0.25) is 0 Å². The Morgan fingerprint density at radius 1 is 1.05 bits per heavy atom. The van der Waals surface area contributed by atoms with E-state index >= 15 is 0 Å². The Morgan fingerprint density at radius 2 is 1.74 bits per heavy atom. The van der Waals surface area contributed by atoms with Crippen LogP contribution in [0.3, 0.4) is 0 Å². The Hall–Kier alpha value is -1.71. The molecule has 2 amide bonds. The van der Waals surface area contributed by atoms with Gasteiger partial charge in [0.15, 0.2) is 0 Å². The number of hydrogen-bond acceptors (Lipinski definition) is 2. The molecular weight excluding hydrogens is 240 g/mol. The number of nitrogens with one attached hydrogen (secondary N) is 2. The molecular formula is C15H20N2O2. The van der Waals surface area contributed by atoms with Gasteiger partial charge in [-0.3, -0.25) is 0 Å². The molecule has 102 valence electrons. The van der Waals surface area contributed by atoms with Crippen LogP contribution in [0.4, 0.5) is 10.5 Å². The molecule has 2 aliphatic rings. The summed E-state index contributed by atoms with van der Waals surface area (Å²) < 4.78 is 5.88. The maximum atomic E-state index is 11.6. The van der Waals surface area contributed by atoms with Gasteiger partial charge < -0.3 is 15.4 Å². The number of urea groups is 1. The van der Waals surface area contributed by atoms with E-state index in [0.29, 0.717) is 12.1 Å². The molecule has 1 aromatic carbocycles. The summed E-state index contributed by atoms with van der Waals surface area (Å²) in [5.41, 5.74) is 0.803. The number of rotatable bonds is 4. The fourth-order valence-electron chi connectivity index (χ4n) is 2.40. The molecule has 0 bridgehead atoms. The Labute approximate surface area is 113 Å². The van der Waals surface area contributed by atoms with Crippen molar-refractivity contribution in [3.63, 3.8) is 0 Å². The van der Waals surface area contributed by atoms with E-state index < -0.39 is 0 Å². The Morgan fingerprint density at radius 3 is 2.37 bits per heavy atom. The molecule has 0 spiro atoms. The van der Waals surface area contributed by atoms with Crippen molar-refractivity contribution in [3.05, 3.63) is 24.3 Å². The summed E-state index contributed by atoms with van der Waals surface area (Å²) in [6, 6.07) is 7.88. The van der Waals surface area contributed by atoms with E-state index in [1.165, 1.54) is 12.8 Å². The number of amides is 2. The van der Waals surface area contributed by atoms with E-state index in [1.54, 1.807) is 0 Å². The molecule has 2 aliphatic carbocycles. The van der Waals surface area contributed by atoms with E-state index in [-0.39, 0.29) is 6.03 Å². The zero-order valence-electron chi connectivity index (χ0n) is 11.0. The average molecular weight is 260 g/mol. The second kappa shape index (κ2) is 5.51. The minimum Gasteiger partial charge on any atom is -0.490 e. The lowest BCUT2D eigenvalue weighted by Crippen LogP contribution is -2.30. The summed E-state index contributed by atoms with van der Waals surface area (Å²) in [5.74, 6) is 0.889. The quantitative estimate of drug-likeness (QED) is 0.872. The van der Waals surface area contributed by atoms with Crippen LogP contribution in [0, 0.1) is 0 Å². The minimum atomic E-state index is -0.119.